The third kappa shape index (κ3) is 37.6. The van der Waals surface area contributed by atoms with Crippen molar-refractivity contribution >= 4 is 36.6 Å². The van der Waals surface area contributed by atoms with Crippen LogP contribution < -0.4 is 41.4 Å². The summed E-state index contributed by atoms with van der Waals surface area (Å²) in [5.41, 5.74) is 0. The van der Waals surface area contributed by atoms with E-state index in [0.717, 1.165) is 12.8 Å². The zero-order valence-electron chi connectivity index (χ0n) is 33.6. The molecule has 1 aromatic heterocycles. The Bertz CT molecular complexity index is 1230. The van der Waals surface area contributed by atoms with Crippen molar-refractivity contribution in [2.24, 2.45) is 5.92 Å². The topological polar surface area (TPSA) is 243 Å². The molecular weight excluding hydrogens is 722 g/mol. The smallest absolute Gasteiger partial charge is 0.413 e. The highest BCUT2D eigenvalue weighted by atomic mass is 16.6. The van der Waals surface area contributed by atoms with Crippen molar-refractivity contribution < 1.29 is 57.2 Å². The van der Waals surface area contributed by atoms with Crippen molar-refractivity contribution in [2.75, 3.05) is 62.6 Å². The number of nitrogens with zero attached hydrogens (tertiary/aromatic N) is 1. The second-order valence-electron chi connectivity index (χ2n) is 10.6. The molecule has 1 aliphatic carbocycles. The van der Waals surface area contributed by atoms with Crippen LogP contribution in [0.3, 0.4) is 0 Å². The first kappa shape index (κ1) is 53.3. The van der Waals surface area contributed by atoms with Gasteiger partial charge >= 0.3 is 36.6 Å². The fourth-order valence-corrected chi connectivity index (χ4v) is 3.21. The number of pyridine rings is 1. The summed E-state index contributed by atoms with van der Waals surface area (Å²) < 4.78 is 27.9. The normalized spacial score (nSPS) is 10.7. The van der Waals surface area contributed by atoms with Gasteiger partial charge in [-0.2, -0.15) is 0 Å². The summed E-state index contributed by atoms with van der Waals surface area (Å²) in [5.74, 6) is 1.25. The lowest BCUT2D eigenvalue weighted by Crippen LogP contribution is -2.27. The summed E-state index contributed by atoms with van der Waals surface area (Å²) in [5, 5.41) is 14.0. The summed E-state index contributed by atoms with van der Waals surface area (Å²) in [6.07, 6.45) is 5.08. The molecular formula is C36H61N7O12. The number of aromatic nitrogens is 1. The van der Waals surface area contributed by atoms with Gasteiger partial charge in [0.1, 0.15) is 11.9 Å². The molecule has 0 saturated heterocycles. The lowest BCUT2D eigenvalue weighted by Gasteiger charge is -2.21. The molecule has 3 rings (SSSR count). The van der Waals surface area contributed by atoms with E-state index in [0.29, 0.717) is 30.8 Å². The van der Waals surface area contributed by atoms with Crippen molar-refractivity contribution in [1.29, 1.82) is 0 Å². The second kappa shape index (κ2) is 37.7. The minimum atomic E-state index is -0.510. The van der Waals surface area contributed by atoms with E-state index in [1.807, 2.05) is 19.9 Å². The molecule has 6 N–H and O–H groups in total. The number of methoxy groups -OCH3 is 1. The molecule has 0 unspecified atom stereocenters. The van der Waals surface area contributed by atoms with Gasteiger partial charge in [-0.3, -0.25) is 0 Å². The van der Waals surface area contributed by atoms with E-state index in [1.54, 1.807) is 69.7 Å². The lowest BCUT2D eigenvalue weighted by molar-refractivity contribution is 0.0769. The number of rotatable bonds is 6. The predicted octanol–water partition coefficient (Wildman–Crippen LogP) is 5.21. The van der Waals surface area contributed by atoms with E-state index >= 15 is 0 Å². The van der Waals surface area contributed by atoms with Gasteiger partial charge in [0.25, 0.3) is 0 Å². The highest BCUT2D eigenvalue weighted by Gasteiger charge is 2.16. The molecule has 312 valence electrons. The fraction of sp³-hybridized carbons (Fsp3) is 0.528. The Hall–Kier alpha value is -6.01. The van der Waals surface area contributed by atoms with Crippen LogP contribution >= 0.6 is 0 Å². The van der Waals surface area contributed by atoms with Crippen LogP contribution in [0.2, 0.25) is 0 Å². The number of benzene rings is 1. The molecule has 19 heteroatoms. The van der Waals surface area contributed by atoms with Crippen LogP contribution in [0.15, 0.2) is 54.7 Å². The Morgan fingerprint density at radius 3 is 1.53 bits per heavy atom. The zero-order chi connectivity index (χ0) is 42.3. The quantitative estimate of drug-likeness (QED) is 0.206. The van der Waals surface area contributed by atoms with Crippen LogP contribution in [0.1, 0.15) is 52.9 Å². The van der Waals surface area contributed by atoms with Crippen LogP contribution in [0.5, 0.6) is 11.6 Å². The Morgan fingerprint density at radius 1 is 0.636 bits per heavy atom. The first-order valence-electron chi connectivity index (χ1n) is 17.3. The lowest BCUT2D eigenvalue weighted by atomic mass is 9.98. The summed E-state index contributed by atoms with van der Waals surface area (Å²) in [6.45, 7) is 6.65. The predicted molar refractivity (Wildman–Crippen MR) is 206 cm³/mol. The van der Waals surface area contributed by atoms with Crippen LogP contribution in [-0.4, -0.2) is 110 Å². The Morgan fingerprint density at radius 2 is 1.13 bits per heavy atom. The van der Waals surface area contributed by atoms with Gasteiger partial charge in [0, 0.05) is 54.5 Å². The first-order valence-corrected chi connectivity index (χ1v) is 17.3. The Balaban J connectivity index is -0.000000598. The minimum absolute atomic E-state index is 0.170. The maximum Gasteiger partial charge on any atom is 0.413 e. The maximum atomic E-state index is 10.7. The summed E-state index contributed by atoms with van der Waals surface area (Å²) in [7, 11) is 10.5. The summed E-state index contributed by atoms with van der Waals surface area (Å²) in [4.78, 5) is 66.1. The molecule has 6 amide bonds. The molecule has 1 aliphatic rings. The van der Waals surface area contributed by atoms with E-state index in [2.05, 4.69) is 46.4 Å². The third-order valence-corrected chi connectivity index (χ3v) is 5.85. The fourth-order valence-electron chi connectivity index (χ4n) is 3.21. The number of nitrogens with one attached hydrogen (secondary N) is 6. The third-order valence-electron chi connectivity index (χ3n) is 5.85. The van der Waals surface area contributed by atoms with E-state index in [1.165, 1.54) is 54.6 Å². The van der Waals surface area contributed by atoms with Crippen molar-refractivity contribution in [2.45, 2.75) is 59.0 Å². The standard InChI is InChI=1S/C8H15NO2.C8H9NO2.C7H8N2O2.C6H13NO2.C4H9NO2.C3H7NO2/c2*1-9-8(10)11-7-5-3-2-4-6-7;1-8-7(10)11-6-4-2-3-5-9-6;1-5(2)4-9-6(8)7-3;1-3-7-4(6)5-2;1-4-3(5)6-2/h7H,2-6H2,1H3,(H,9,10);2-6H,1H3,(H,9,10);2-5H,1H3,(H,8,10);5H,4H2,1-3H3,(H,7,8);3H2,1-2H3,(H,5,6);1-2H3,(H,4,5). The monoisotopic (exact) mass is 783 g/mol. The largest absolute Gasteiger partial charge is 0.453 e. The van der Waals surface area contributed by atoms with E-state index in [9.17, 15) is 28.8 Å². The molecule has 1 fully saturated rings. The Labute approximate surface area is 324 Å². The van der Waals surface area contributed by atoms with Gasteiger partial charge < -0.3 is 60.3 Å². The molecule has 19 nitrogen and oxygen atoms in total. The average molecular weight is 784 g/mol. The maximum absolute atomic E-state index is 10.7. The molecule has 0 bridgehead atoms. The number of ether oxygens (including phenoxy) is 6. The van der Waals surface area contributed by atoms with Gasteiger partial charge in [-0.15, -0.1) is 0 Å². The first-order chi connectivity index (χ1) is 26.3. The molecule has 1 saturated carbocycles. The number of alkyl carbamates (subject to hydrolysis) is 4. The van der Waals surface area contributed by atoms with Gasteiger partial charge in [-0.1, -0.05) is 44.5 Å². The van der Waals surface area contributed by atoms with Gasteiger partial charge in [0.2, 0.25) is 5.88 Å². The van der Waals surface area contributed by atoms with Gasteiger partial charge in [0.05, 0.1) is 20.3 Å². The molecule has 1 aromatic carbocycles. The van der Waals surface area contributed by atoms with Gasteiger partial charge in [-0.05, 0) is 56.7 Å². The van der Waals surface area contributed by atoms with Crippen molar-refractivity contribution in [3.8, 4) is 11.6 Å². The van der Waals surface area contributed by atoms with Crippen molar-refractivity contribution in [3.63, 3.8) is 0 Å². The summed E-state index contributed by atoms with van der Waals surface area (Å²) >= 11 is 0. The highest BCUT2D eigenvalue weighted by molar-refractivity contribution is 5.70. The second-order valence-corrected chi connectivity index (χ2v) is 10.6. The van der Waals surface area contributed by atoms with Crippen molar-refractivity contribution in [1.82, 2.24) is 36.9 Å². The van der Waals surface area contributed by atoms with Crippen LogP contribution in [0.4, 0.5) is 28.8 Å². The molecule has 0 atom stereocenters. The highest BCUT2D eigenvalue weighted by Crippen LogP contribution is 2.20. The minimum Gasteiger partial charge on any atom is -0.453 e. The molecule has 0 aliphatic heterocycles. The number of amides is 6. The number of para-hydroxylation sites is 1. The molecule has 1 heterocycles. The number of carbonyl (C=O) groups excluding carboxylic acids is 6. The average Bonchev–Trinajstić information content (AvgIpc) is 3.21. The van der Waals surface area contributed by atoms with Crippen LogP contribution in [0.25, 0.3) is 0 Å². The van der Waals surface area contributed by atoms with Crippen molar-refractivity contribution in [3.05, 3.63) is 54.7 Å². The van der Waals surface area contributed by atoms with E-state index < -0.39 is 18.3 Å². The number of carbonyl (C=O) groups is 6. The van der Waals surface area contributed by atoms with Gasteiger partial charge in [0.15, 0.2) is 0 Å². The molecule has 55 heavy (non-hydrogen) atoms. The van der Waals surface area contributed by atoms with E-state index in [-0.39, 0.29) is 24.4 Å². The summed E-state index contributed by atoms with van der Waals surface area (Å²) in [6, 6.07) is 14.0. The van der Waals surface area contributed by atoms with E-state index in [4.69, 9.17) is 18.9 Å². The number of hydrogen-bond donors (Lipinski definition) is 6. The molecule has 0 spiro atoms. The molecule has 0 radical (unpaired) electrons. The van der Waals surface area contributed by atoms with Crippen LogP contribution in [0, 0.1) is 5.92 Å². The number of hydrogen-bond acceptors (Lipinski definition) is 13. The molecule has 2 aromatic rings. The Kier molecular flexibility index (Phi) is 36.6. The SMILES string of the molecule is CCOC(=O)NC.CNC(=O)OC.CNC(=O)OC1CCCCC1.CNC(=O)OCC(C)C.CNC(=O)Oc1ccccc1.CNC(=O)Oc1ccccn1. The van der Waals surface area contributed by atoms with Gasteiger partial charge in [-0.25, -0.2) is 33.8 Å². The van der Waals surface area contributed by atoms with Crippen LogP contribution in [-0.2, 0) is 18.9 Å². The zero-order valence-corrected chi connectivity index (χ0v) is 33.6.